The van der Waals surface area contributed by atoms with Crippen LogP contribution in [0, 0.1) is 0 Å². The Labute approximate surface area is 160 Å². The van der Waals surface area contributed by atoms with Crippen molar-refractivity contribution in [3.63, 3.8) is 0 Å². The summed E-state index contributed by atoms with van der Waals surface area (Å²) in [6, 6.07) is 12.0. The predicted octanol–water partition coefficient (Wildman–Crippen LogP) is 2.01. The Kier molecular flexibility index (Phi) is 4.67. The molecule has 1 saturated heterocycles. The first-order chi connectivity index (χ1) is 13.6. The van der Waals surface area contributed by atoms with Gasteiger partial charge in [-0.25, -0.2) is 14.6 Å². The number of pyridine rings is 2. The maximum absolute atomic E-state index is 12.7. The lowest BCUT2D eigenvalue weighted by molar-refractivity contribution is -0.130. The number of carbonyl (C=O) groups is 3. The number of rotatable bonds is 4. The van der Waals surface area contributed by atoms with Crippen LogP contribution in [0.5, 0.6) is 0 Å². The van der Waals surface area contributed by atoms with Crippen LogP contribution in [-0.4, -0.2) is 52.5 Å². The van der Waals surface area contributed by atoms with E-state index in [-0.39, 0.29) is 6.54 Å². The Balaban J connectivity index is 1.62. The zero-order valence-corrected chi connectivity index (χ0v) is 14.8. The van der Waals surface area contributed by atoms with E-state index in [1.807, 2.05) is 12.1 Å². The van der Waals surface area contributed by atoms with E-state index in [1.165, 1.54) is 0 Å². The number of benzene rings is 1. The number of aromatic nitrogens is 2. The average Bonchev–Trinajstić information content (AvgIpc) is 3.17. The Morgan fingerprint density at radius 1 is 1.18 bits per heavy atom. The van der Waals surface area contributed by atoms with Gasteiger partial charge in [0.05, 0.1) is 16.8 Å². The Morgan fingerprint density at radius 2 is 2.04 bits per heavy atom. The van der Waals surface area contributed by atoms with Crippen LogP contribution in [-0.2, 0) is 9.53 Å². The van der Waals surface area contributed by atoms with Crippen molar-refractivity contribution in [1.29, 1.82) is 0 Å². The van der Waals surface area contributed by atoms with E-state index in [0.29, 0.717) is 28.7 Å². The molecule has 8 heteroatoms. The minimum atomic E-state index is -0.656. The third-order valence-electron chi connectivity index (χ3n) is 4.38. The van der Waals surface area contributed by atoms with Crippen LogP contribution in [0.25, 0.3) is 22.2 Å². The maximum Gasteiger partial charge on any atom is 0.339 e. The molecule has 4 rings (SSSR count). The molecule has 8 nitrogen and oxygen atoms in total. The van der Waals surface area contributed by atoms with Crippen LogP contribution in [0.4, 0.5) is 4.79 Å². The minimum absolute atomic E-state index is 0.262. The molecular weight excluding hydrogens is 360 g/mol. The van der Waals surface area contributed by atoms with Crippen LogP contribution < -0.4 is 5.32 Å². The second-order valence-corrected chi connectivity index (χ2v) is 6.17. The highest BCUT2D eigenvalue weighted by molar-refractivity contribution is 6.05. The molecule has 2 aromatic heterocycles. The molecule has 140 valence electrons. The van der Waals surface area contributed by atoms with Gasteiger partial charge in [0, 0.05) is 36.4 Å². The maximum atomic E-state index is 12.7. The number of amides is 3. The van der Waals surface area contributed by atoms with E-state index >= 15 is 0 Å². The molecule has 1 aliphatic heterocycles. The zero-order chi connectivity index (χ0) is 19.5. The number of ether oxygens (including phenoxy) is 1. The summed E-state index contributed by atoms with van der Waals surface area (Å²) in [5.74, 6) is -1.22. The number of urea groups is 1. The average molecular weight is 376 g/mol. The molecule has 0 spiro atoms. The molecule has 3 heterocycles. The first kappa shape index (κ1) is 17.6. The normalized spacial score (nSPS) is 13.4. The van der Waals surface area contributed by atoms with Crippen molar-refractivity contribution in [2.24, 2.45) is 0 Å². The second-order valence-electron chi connectivity index (χ2n) is 6.17. The highest BCUT2D eigenvalue weighted by Crippen LogP contribution is 2.25. The molecule has 0 bridgehead atoms. The van der Waals surface area contributed by atoms with E-state index < -0.39 is 24.5 Å². The summed E-state index contributed by atoms with van der Waals surface area (Å²) >= 11 is 0. The number of para-hydroxylation sites is 1. The lowest BCUT2D eigenvalue weighted by Gasteiger charge is -2.13. The van der Waals surface area contributed by atoms with Gasteiger partial charge in [-0.1, -0.05) is 18.2 Å². The summed E-state index contributed by atoms with van der Waals surface area (Å²) in [6.07, 6.45) is 3.31. The molecule has 1 aromatic carbocycles. The van der Waals surface area contributed by atoms with Crippen LogP contribution in [0.3, 0.4) is 0 Å². The number of hydrogen-bond acceptors (Lipinski definition) is 6. The standard InChI is InChI=1S/C20H16N4O4/c25-18(24-9-8-22-20(24)27)12-28-19(26)15-10-17(13-4-3-7-21-11-13)23-16-6-2-1-5-14(15)16/h1-7,10-11H,8-9,12H2,(H,22,27). The van der Waals surface area contributed by atoms with Gasteiger partial charge in [0.2, 0.25) is 0 Å². The highest BCUT2D eigenvalue weighted by Gasteiger charge is 2.27. The summed E-state index contributed by atoms with van der Waals surface area (Å²) in [5, 5.41) is 3.15. The van der Waals surface area contributed by atoms with Crippen molar-refractivity contribution in [3.05, 3.63) is 60.4 Å². The van der Waals surface area contributed by atoms with Crippen LogP contribution >= 0.6 is 0 Å². The third-order valence-corrected chi connectivity index (χ3v) is 4.38. The van der Waals surface area contributed by atoms with Gasteiger partial charge in [-0.15, -0.1) is 0 Å². The molecular formula is C20H16N4O4. The van der Waals surface area contributed by atoms with Gasteiger partial charge in [0.1, 0.15) is 0 Å². The fraction of sp³-hybridized carbons (Fsp3) is 0.150. The lowest BCUT2D eigenvalue weighted by atomic mass is 10.1. The number of carbonyl (C=O) groups excluding carboxylic acids is 3. The first-order valence-corrected chi connectivity index (χ1v) is 8.69. The number of nitrogens with one attached hydrogen (secondary N) is 1. The topological polar surface area (TPSA) is 101 Å². The molecule has 3 amide bonds. The summed E-state index contributed by atoms with van der Waals surface area (Å²) in [7, 11) is 0. The van der Waals surface area contributed by atoms with Gasteiger partial charge >= 0.3 is 12.0 Å². The predicted molar refractivity (Wildman–Crippen MR) is 100 cm³/mol. The molecule has 0 atom stereocenters. The smallest absolute Gasteiger partial charge is 0.339 e. The number of fused-ring (bicyclic) bond motifs is 1. The molecule has 1 N–H and O–H groups in total. The van der Waals surface area contributed by atoms with Crippen molar-refractivity contribution >= 4 is 28.8 Å². The lowest BCUT2D eigenvalue weighted by Crippen LogP contribution is -2.37. The van der Waals surface area contributed by atoms with Gasteiger partial charge in [-0.2, -0.15) is 0 Å². The monoisotopic (exact) mass is 376 g/mol. The molecule has 0 unspecified atom stereocenters. The number of nitrogens with zero attached hydrogens (tertiary/aromatic N) is 3. The van der Waals surface area contributed by atoms with Gasteiger partial charge in [0.15, 0.2) is 6.61 Å². The van der Waals surface area contributed by atoms with E-state index in [9.17, 15) is 14.4 Å². The Hall–Kier alpha value is -3.81. The molecule has 1 fully saturated rings. The number of imide groups is 1. The Bertz CT molecular complexity index is 1070. The molecule has 0 saturated carbocycles. The van der Waals surface area contributed by atoms with Gasteiger partial charge in [-0.3, -0.25) is 14.7 Å². The summed E-state index contributed by atoms with van der Waals surface area (Å²) in [6.45, 7) is 0.145. The molecule has 28 heavy (non-hydrogen) atoms. The summed E-state index contributed by atoms with van der Waals surface area (Å²) in [4.78, 5) is 46.1. The van der Waals surface area contributed by atoms with E-state index in [2.05, 4.69) is 15.3 Å². The summed E-state index contributed by atoms with van der Waals surface area (Å²) < 4.78 is 5.20. The number of esters is 1. The molecule has 0 aliphatic carbocycles. The highest BCUT2D eigenvalue weighted by atomic mass is 16.5. The van der Waals surface area contributed by atoms with Gasteiger partial charge < -0.3 is 10.1 Å². The van der Waals surface area contributed by atoms with E-state index in [4.69, 9.17) is 4.74 Å². The van der Waals surface area contributed by atoms with Crippen molar-refractivity contribution < 1.29 is 19.1 Å². The van der Waals surface area contributed by atoms with Crippen LogP contribution in [0.2, 0.25) is 0 Å². The third kappa shape index (κ3) is 3.39. The van der Waals surface area contributed by atoms with Crippen molar-refractivity contribution in [1.82, 2.24) is 20.2 Å². The fourth-order valence-electron chi connectivity index (χ4n) is 3.00. The molecule has 3 aromatic rings. The van der Waals surface area contributed by atoms with Gasteiger partial charge in [-0.05, 0) is 24.3 Å². The second kappa shape index (κ2) is 7.43. The molecule has 0 radical (unpaired) electrons. The summed E-state index contributed by atoms with van der Waals surface area (Å²) in [5.41, 5.74) is 2.25. The zero-order valence-electron chi connectivity index (χ0n) is 14.8. The van der Waals surface area contributed by atoms with Gasteiger partial charge in [0.25, 0.3) is 5.91 Å². The Morgan fingerprint density at radius 3 is 2.79 bits per heavy atom. The first-order valence-electron chi connectivity index (χ1n) is 8.69. The van der Waals surface area contributed by atoms with Crippen molar-refractivity contribution in [2.45, 2.75) is 0 Å². The fourth-order valence-corrected chi connectivity index (χ4v) is 3.00. The molecule has 1 aliphatic rings. The number of hydrogen-bond donors (Lipinski definition) is 1. The van der Waals surface area contributed by atoms with Crippen molar-refractivity contribution in [2.75, 3.05) is 19.7 Å². The largest absolute Gasteiger partial charge is 0.452 e. The SMILES string of the molecule is O=C(OCC(=O)N1CCNC1=O)c1cc(-c2cccnc2)nc2ccccc12. The van der Waals surface area contributed by atoms with Crippen LogP contribution in [0.15, 0.2) is 54.9 Å². The van der Waals surface area contributed by atoms with Crippen molar-refractivity contribution in [3.8, 4) is 11.3 Å². The van der Waals surface area contributed by atoms with Crippen LogP contribution in [0.1, 0.15) is 10.4 Å². The van der Waals surface area contributed by atoms with E-state index in [1.54, 1.807) is 42.7 Å². The van der Waals surface area contributed by atoms with E-state index in [0.717, 1.165) is 10.5 Å². The quantitative estimate of drug-likeness (QED) is 0.699. The minimum Gasteiger partial charge on any atom is -0.452 e.